The molecule has 2 heterocycles. The number of nitrogens with zero attached hydrogens (tertiary/aromatic N) is 3. The predicted octanol–water partition coefficient (Wildman–Crippen LogP) is 1.88. The molecule has 7 heteroatoms. The van der Waals surface area contributed by atoms with Gasteiger partial charge in [-0.25, -0.2) is 4.98 Å². The number of hydrogen-bond acceptors (Lipinski definition) is 7. The number of methoxy groups -OCH3 is 1. The van der Waals surface area contributed by atoms with Crippen molar-refractivity contribution in [3.05, 3.63) is 42.1 Å². The van der Waals surface area contributed by atoms with Crippen LogP contribution >= 0.6 is 0 Å². The lowest BCUT2D eigenvalue weighted by Crippen LogP contribution is -2.39. The van der Waals surface area contributed by atoms with E-state index < -0.39 is 0 Å². The lowest BCUT2D eigenvalue weighted by atomic mass is 10.1. The number of benzene rings is 1. The summed E-state index contributed by atoms with van der Waals surface area (Å²) in [6, 6.07) is 10.00. The Balaban J connectivity index is 1.40. The summed E-state index contributed by atoms with van der Waals surface area (Å²) < 4.78 is 10.5. The fourth-order valence-electron chi connectivity index (χ4n) is 2.82. The maximum atomic E-state index is 5.36. The highest BCUT2D eigenvalue weighted by molar-refractivity contribution is 5.39. The van der Waals surface area contributed by atoms with Crippen LogP contribution in [0, 0.1) is 0 Å². The Morgan fingerprint density at radius 2 is 1.88 bits per heavy atom. The van der Waals surface area contributed by atoms with Crippen molar-refractivity contribution in [1.29, 1.82) is 0 Å². The molecule has 1 aliphatic heterocycles. The molecule has 140 valence electrons. The van der Waals surface area contributed by atoms with Crippen LogP contribution in [-0.2, 0) is 11.2 Å². The first-order valence-electron chi connectivity index (χ1n) is 9.07. The summed E-state index contributed by atoms with van der Waals surface area (Å²) in [6.07, 6.45) is 2.68. The van der Waals surface area contributed by atoms with E-state index in [1.165, 1.54) is 5.56 Å². The van der Waals surface area contributed by atoms with Crippen molar-refractivity contribution < 1.29 is 9.47 Å². The third-order valence-corrected chi connectivity index (χ3v) is 4.35. The van der Waals surface area contributed by atoms with E-state index in [2.05, 4.69) is 37.6 Å². The molecule has 1 saturated heterocycles. The van der Waals surface area contributed by atoms with Crippen molar-refractivity contribution in [3.63, 3.8) is 0 Å². The van der Waals surface area contributed by atoms with Gasteiger partial charge < -0.3 is 20.1 Å². The molecule has 2 N–H and O–H groups in total. The van der Waals surface area contributed by atoms with Gasteiger partial charge in [0.1, 0.15) is 11.6 Å². The normalized spacial score (nSPS) is 14.8. The summed E-state index contributed by atoms with van der Waals surface area (Å²) in [4.78, 5) is 11.2. The molecular formula is C19H27N5O2. The van der Waals surface area contributed by atoms with Gasteiger partial charge in [0.15, 0.2) is 0 Å². The molecule has 0 radical (unpaired) electrons. The minimum Gasteiger partial charge on any atom is -0.497 e. The summed E-state index contributed by atoms with van der Waals surface area (Å²) in [5.74, 6) is 2.37. The molecule has 0 unspecified atom stereocenters. The molecule has 7 nitrogen and oxygen atoms in total. The average molecular weight is 357 g/mol. The lowest BCUT2D eigenvalue weighted by molar-refractivity contribution is 0.0398. The van der Waals surface area contributed by atoms with Gasteiger partial charge in [-0.1, -0.05) is 12.1 Å². The second-order valence-corrected chi connectivity index (χ2v) is 6.17. The smallest absolute Gasteiger partial charge is 0.224 e. The van der Waals surface area contributed by atoms with Gasteiger partial charge in [-0.3, -0.25) is 4.90 Å². The van der Waals surface area contributed by atoms with E-state index in [0.29, 0.717) is 5.95 Å². The molecule has 1 fully saturated rings. The van der Waals surface area contributed by atoms with Crippen molar-refractivity contribution in [3.8, 4) is 5.75 Å². The maximum Gasteiger partial charge on any atom is 0.224 e. The molecular weight excluding hydrogens is 330 g/mol. The number of nitrogens with one attached hydrogen (secondary N) is 2. The van der Waals surface area contributed by atoms with Crippen LogP contribution in [0.1, 0.15) is 5.56 Å². The summed E-state index contributed by atoms with van der Waals surface area (Å²) >= 11 is 0. The molecule has 1 aliphatic rings. The minimum absolute atomic E-state index is 0.648. The summed E-state index contributed by atoms with van der Waals surface area (Å²) in [5.41, 5.74) is 1.25. The summed E-state index contributed by atoms with van der Waals surface area (Å²) in [7, 11) is 1.68. The Labute approximate surface area is 154 Å². The number of aromatic nitrogens is 2. The Morgan fingerprint density at radius 3 is 2.65 bits per heavy atom. The van der Waals surface area contributed by atoms with Crippen LogP contribution in [0.2, 0.25) is 0 Å². The van der Waals surface area contributed by atoms with Crippen molar-refractivity contribution >= 4 is 11.8 Å². The molecule has 0 amide bonds. The zero-order valence-electron chi connectivity index (χ0n) is 15.3. The van der Waals surface area contributed by atoms with Crippen LogP contribution in [0.15, 0.2) is 36.5 Å². The maximum absolute atomic E-state index is 5.36. The van der Waals surface area contributed by atoms with E-state index in [1.807, 2.05) is 18.2 Å². The molecule has 0 bridgehead atoms. The van der Waals surface area contributed by atoms with Gasteiger partial charge in [0.05, 0.1) is 20.3 Å². The van der Waals surface area contributed by atoms with Crippen molar-refractivity contribution in [2.45, 2.75) is 6.42 Å². The average Bonchev–Trinajstić information content (AvgIpc) is 2.70. The quantitative estimate of drug-likeness (QED) is 0.710. The number of anilines is 2. The van der Waals surface area contributed by atoms with Crippen LogP contribution in [0.25, 0.3) is 0 Å². The standard InChI is InChI=1S/C19H27N5O2/c1-25-17-4-2-16(3-5-17)6-8-21-19-22-9-7-18(23-19)20-10-11-24-12-14-26-15-13-24/h2-5,7,9H,6,8,10-15H2,1H3,(H2,20,21,22,23). The fraction of sp³-hybridized carbons (Fsp3) is 0.474. The van der Waals surface area contributed by atoms with Crippen LogP contribution in [0.3, 0.4) is 0 Å². The van der Waals surface area contributed by atoms with Crippen molar-refractivity contribution in [1.82, 2.24) is 14.9 Å². The number of ether oxygens (including phenoxy) is 2. The van der Waals surface area contributed by atoms with Gasteiger partial charge in [0, 0.05) is 38.9 Å². The fourth-order valence-corrected chi connectivity index (χ4v) is 2.82. The van der Waals surface area contributed by atoms with Crippen molar-refractivity contribution in [2.75, 3.05) is 63.7 Å². The van der Waals surface area contributed by atoms with E-state index in [-0.39, 0.29) is 0 Å². The monoisotopic (exact) mass is 357 g/mol. The highest BCUT2D eigenvalue weighted by Gasteiger charge is 2.09. The predicted molar refractivity (Wildman–Crippen MR) is 103 cm³/mol. The van der Waals surface area contributed by atoms with E-state index in [4.69, 9.17) is 9.47 Å². The third-order valence-electron chi connectivity index (χ3n) is 4.35. The Hall–Kier alpha value is -2.38. The van der Waals surface area contributed by atoms with E-state index in [0.717, 1.165) is 63.9 Å². The highest BCUT2D eigenvalue weighted by Crippen LogP contribution is 2.12. The van der Waals surface area contributed by atoms with Gasteiger partial charge in [0.2, 0.25) is 5.95 Å². The molecule has 0 aliphatic carbocycles. The summed E-state index contributed by atoms with van der Waals surface area (Å²) in [5, 5.41) is 6.65. The van der Waals surface area contributed by atoms with E-state index in [1.54, 1.807) is 13.3 Å². The molecule has 3 rings (SSSR count). The van der Waals surface area contributed by atoms with E-state index in [9.17, 15) is 0 Å². The van der Waals surface area contributed by atoms with Crippen LogP contribution in [-0.4, -0.2) is 67.9 Å². The molecule has 1 aromatic carbocycles. The molecule has 2 aromatic rings. The minimum atomic E-state index is 0.648. The highest BCUT2D eigenvalue weighted by atomic mass is 16.5. The second-order valence-electron chi connectivity index (χ2n) is 6.17. The van der Waals surface area contributed by atoms with Crippen LogP contribution in [0.4, 0.5) is 11.8 Å². The molecule has 0 spiro atoms. The third kappa shape index (κ3) is 5.86. The SMILES string of the molecule is COc1ccc(CCNc2nccc(NCCN3CCOCC3)n2)cc1. The first kappa shape index (κ1) is 18.4. The molecule has 0 atom stereocenters. The number of hydrogen-bond donors (Lipinski definition) is 2. The van der Waals surface area contributed by atoms with Gasteiger partial charge in [-0.2, -0.15) is 4.98 Å². The van der Waals surface area contributed by atoms with Gasteiger partial charge >= 0.3 is 0 Å². The zero-order chi connectivity index (χ0) is 18.0. The van der Waals surface area contributed by atoms with Crippen molar-refractivity contribution in [2.24, 2.45) is 0 Å². The topological polar surface area (TPSA) is 71.5 Å². The van der Waals surface area contributed by atoms with Gasteiger partial charge in [-0.05, 0) is 30.2 Å². The zero-order valence-corrected chi connectivity index (χ0v) is 15.3. The van der Waals surface area contributed by atoms with E-state index >= 15 is 0 Å². The number of rotatable bonds is 9. The first-order valence-corrected chi connectivity index (χ1v) is 9.07. The molecule has 26 heavy (non-hydrogen) atoms. The summed E-state index contributed by atoms with van der Waals surface area (Å²) in [6.45, 7) is 6.30. The molecule has 0 saturated carbocycles. The Kier molecular flexibility index (Phi) is 7.04. The largest absolute Gasteiger partial charge is 0.497 e. The van der Waals surface area contributed by atoms with Crippen LogP contribution in [0.5, 0.6) is 5.75 Å². The first-order chi connectivity index (χ1) is 12.8. The lowest BCUT2D eigenvalue weighted by Gasteiger charge is -2.26. The van der Waals surface area contributed by atoms with Gasteiger partial charge in [-0.15, -0.1) is 0 Å². The second kappa shape index (κ2) is 9.94. The van der Waals surface area contributed by atoms with Gasteiger partial charge in [0.25, 0.3) is 0 Å². The molecule has 1 aromatic heterocycles. The van der Waals surface area contributed by atoms with Crippen LogP contribution < -0.4 is 15.4 Å². The number of morpholine rings is 1. The Bertz CT molecular complexity index is 659. The Morgan fingerprint density at radius 1 is 1.08 bits per heavy atom.